The molecule has 2 N–H and O–H groups in total. The van der Waals surface area contributed by atoms with E-state index in [0.29, 0.717) is 19.8 Å². The Balaban J connectivity index is 2.33. The molecule has 0 aromatic carbocycles. The van der Waals surface area contributed by atoms with Crippen molar-refractivity contribution in [3.05, 3.63) is 0 Å². The zero-order valence-electron chi connectivity index (χ0n) is 11.0. The van der Waals surface area contributed by atoms with Crippen LogP contribution in [0.1, 0.15) is 20.3 Å². The van der Waals surface area contributed by atoms with Gasteiger partial charge in [0.15, 0.2) is 0 Å². The molecular formula is C12H22N2O4. The van der Waals surface area contributed by atoms with Gasteiger partial charge in [-0.3, -0.25) is 9.59 Å². The molecule has 0 radical (unpaired) electrons. The van der Waals surface area contributed by atoms with E-state index in [-0.39, 0.29) is 24.4 Å². The summed E-state index contributed by atoms with van der Waals surface area (Å²) in [5.41, 5.74) is 0. The zero-order valence-corrected chi connectivity index (χ0v) is 11.0. The SMILES string of the molecule is CCCNC1COCC1C(=O)NCC(=O)OCC. The highest BCUT2D eigenvalue weighted by molar-refractivity contribution is 5.84. The van der Waals surface area contributed by atoms with Crippen LogP contribution in [-0.4, -0.2) is 50.8 Å². The summed E-state index contributed by atoms with van der Waals surface area (Å²) in [6.07, 6.45) is 1.01. The molecule has 2 atom stereocenters. The molecule has 18 heavy (non-hydrogen) atoms. The number of carbonyl (C=O) groups is 2. The van der Waals surface area contributed by atoms with Crippen molar-refractivity contribution >= 4 is 11.9 Å². The van der Waals surface area contributed by atoms with Gasteiger partial charge in [-0.1, -0.05) is 6.92 Å². The Labute approximate surface area is 107 Å². The van der Waals surface area contributed by atoms with Crippen LogP contribution < -0.4 is 10.6 Å². The lowest BCUT2D eigenvalue weighted by atomic mass is 10.0. The number of hydrogen-bond donors (Lipinski definition) is 2. The van der Waals surface area contributed by atoms with Gasteiger partial charge in [-0.25, -0.2) is 0 Å². The highest BCUT2D eigenvalue weighted by atomic mass is 16.5. The lowest BCUT2D eigenvalue weighted by Gasteiger charge is -2.18. The van der Waals surface area contributed by atoms with Crippen molar-refractivity contribution in [1.29, 1.82) is 0 Å². The minimum absolute atomic E-state index is 0.0344. The van der Waals surface area contributed by atoms with Gasteiger partial charge in [-0.15, -0.1) is 0 Å². The molecule has 0 aromatic heterocycles. The van der Waals surface area contributed by atoms with Gasteiger partial charge in [0.2, 0.25) is 5.91 Å². The third kappa shape index (κ3) is 4.62. The van der Waals surface area contributed by atoms with Crippen molar-refractivity contribution in [2.75, 3.05) is 32.9 Å². The number of rotatable bonds is 7. The van der Waals surface area contributed by atoms with E-state index in [9.17, 15) is 9.59 Å². The smallest absolute Gasteiger partial charge is 0.325 e. The number of esters is 1. The molecule has 1 heterocycles. The normalized spacial score (nSPS) is 22.8. The fraction of sp³-hybridized carbons (Fsp3) is 0.833. The maximum absolute atomic E-state index is 11.9. The quantitative estimate of drug-likeness (QED) is 0.612. The van der Waals surface area contributed by atoms with E-state index in [1.54, 1.807) is 6.92 Å². The largest absolute Gasteiger partial charge is 0.465 e. The lowest BCUT2D eigenvalue weighted by molar-refractivity contribution is -0.143. The van der Waals surface area contributed by atoms with Crippen LogP contribution in [0.4, 0.5) is 0 Å². The molecule has 6 nitrogen and oxygen atoms in total. The van der Waals surface area contributed by atoms with Crippen molar-refractivity contribution in [3.8, 4) is 0 Å². The molecule has 0 bridgehead atoms. The van der Waals surface area contributed by atoms with Crippen LogP contribution in [0.2, 0.25) is 0 Å². The third-order valence-corrected chi connectivity index (χ3v) is 2.79. The molecule has 2 unspecified atom stereocenters. The fourth-order valence-corrected chi connectivity index (χ4v) is 1.85. The van der Waals surface area contributed by atoms with E-state index >= 15 is 0 Å². The predicted octanol–water partition coefficient (Wildman–Crippen LogP) is -0.320. The average molecular weight is 258 g/mol. The first kappa shape index (κ1) is 14.9. The molecular weight excluding hydrogens is 236 g/mol. The molecule has 1 aliphatic rings. The number of nitrogens with one attached hydrogen (secondary N) is 2. The van der Waals surface area contributed by atoms with Crippen LogP contribution >= 0.6 is 0 Å². The predicted molar refractivity (Wildman–Crippen MR) is 66.0 cm³/mol. The van der Waals surface area contributed by atoms with Gasteiger partial charge in [0, 0.05) is 6.04 Å². The molecule has 0 saturated carbocycles. The molecule has 0 spiro atoms. The Morgan fingerprint density at radius 3 is 2.78 bits per heavy atom. The molecule has 1 fully saturated rings. The van der Waals surface area contributed by atoms with Crippen LogP contribution in [0.3, 0.4) is 0 Å². The van der Waals surface area contributed by atoms with Crippen molar-refractivity contribution in [3.63, 3.8) is 0 Å². The molecule has 1 rings (SSSR count). The maximum Gasteiger partial charge on any atom is 0.325 e. The average Bonchev–Trinajstić information content (AvgIpc) is 2.82. The molecule has 6 heteroatoms. The minimum Gasteiger partial charge on any atom is -0.465 e. The Bertz CT molecular complexity index is 283. The summed E-state index contributed by atoms with van der Waals surface area (Å²) < 4.78 is 10.0. The van der Waals surface area contributed by atoms with Crippen molar-refractivity contribution in [1.82, 2.24) is 10.6 Å². The molecule has 1 amide bonds. The van der Waals surface area contributed by atoms with Crippen molar-refractivity contribution < 1.29 is 19.1 Å². The summed E-state index contributed by atoms with van der Waals surface area (Å²) in [7, 11) is 0. The van der Waals surface area contributed by atoms with Crippen molar-refractivity contribution in [2.24, 2.45) is 5.92 Å². The molecule has 104 valence electrons. The molecule has 1 aliphatic heterocycles. The second kappa shape index (κ2) is 8.05. The van der Waals surface area contributed by atoms with E-state index in [1.165, 1.54) is 0 Å². The van der Waals surface area contributed by atoms with Gasteiger partial charge in [0.05, 0.1) is 25.7 Å². The third-order valence-electron chi connectivity index (χ3n) is 2.79. The van der Waals surface area contributed by atoms with Crippen molar-refractivity contribution in [2.45, 2.75) is 26.3 Å². The Kier molecular flexibility index (Phi) is 6.67. The Hall–Kier alpha value is -1.14. The van der Waals surface area contributed by atoms with Gasteiger partial charge in [-0.05, 0) is 19.9 Å². The monoisotopic (exact) mass is 258 g/mol. The van der Waals surface area contributed by atoms with Gasteiger partial charge in [-0.2, -0.15) is 0 Å². The summed E-state index contributed by atoms with van der Waals surface area (Å²) in [6, 6.07) is 0.0344. The van der Waals surface area contributed by atoms with E-state index in [0.717, 1.165) is 13.0 Å². The highest BCUT2D eigenvalue weighted by Gasteiger charge is 2.33. The number of carbonyl (C=O) groups excluding carboxylic acids is 2. The summed E-state index contributed by atoms with van der Waals surface area (Å²) in [5.74, 6) is -0.803. The van der Waals surface area contributed by atoms with Crippen LogP contribution in [0, 0.1) is 5.92 Å². The lowest BCUT2D eigenvalue weighted by Crippen LogP contribution is -2.45. The summed E-state index contributed by atoms with van der Waals surface area (Å²) >= 11 is 0. The molecule has 1 saturated heterocycles. The van der Waals surface area contributed by atoms with Crippen LogP contribution in [0.5, 0.6) is 0 Å². The van der Waals surface area contributed by atoms with Crippen LogP contribution in [-0.2, 0) is 19.1 Å². The first-order valence-corrected chi connectivity index (χ1v) is 6.43. The van der Waals surface area contributed by atoms with Crippen LogP contribution in [0.15, 0.2) is 0 Å². The topological polar surface area (TPSA) is 76.7 Å². The minimum atomic E-state index is -0.414. The number of hydrogen-bond acceptors (Lipinski definition) is 5. The van der Waals surface area contributed by atoms with Gasteiger partial charge in [0.1, 0.15) is 6.54 Å². The Morgan fingerprint density at radius 1 is 1.33 bits per heavy atom. The fourth-order valence-electron chi connectivity index (χ4n) is 1.85. The standard InChI is InChI=1S/C12H22N2O4/c1-3-5-13-10-8-17-7-9(10)12(16)14-6-11(15)18-4-2/h9-10,13H,3-8H2,1-2H3,(H,14,16). The summed E-state index contributed by atoms with van der Waals surface area (Å²) in [6.45, 7) is 5.84. The number of ether oxygens (including phenoxy) is 2. The summed E-state index contributed by atoms with van der Waals surface area (Å²) in [5, 5.41) is 5.86. The van der Waals surface area contributed by atoms with Crippen LogP contribution in [0.25, 0.3) is 0 Å². The van der Waals surface area contributed by atoms with E-state index in [2.05, 4.69) is 17.6 Å². The Morgan fingerprint density at radius 2 is 2.11 bits per heavy atom. The second-order valence-corrected chi connectivity index (χ2v) is 4.23. The maximum atomic E-state index is 11.9. The van der Waals surface area contributed by atoms with Gasteiger partial charge >= 0.3 is 5.97 Å². The molecule has 0 aromatic rings. The first-order chi connectivity index (χ1) is 8.69. The molecule has 0 aliphatic carbocycles. The first-order valence-electron chi connectivity index (χ1n) is 6.43. The second-order valence-electron chi connectivity index (χ2n) is 4.23. The number of amides is 1. The van der Waals surface area contributed by atoms with Gasteiger partial charge in [0.25, 0.3) is 0 Å². The van der Waals surface area contributed by atoms with E-state index < -0.39 is 5.97 Å². The summed E-state index contributed by atoms with van der Waals surface area (Å²) in [4.78, 5) is 23.0. The van der Waals surface area contributed by atoms with E-state index in [1.807, 2.05) is 0 Å². The van der Waals surface area contributed by atoms with Gasteiger partial charge < -0.3 is 20.1 Å². The van der Waals surface area contributed by atoms with E-state index in [4.69, 9.17) is 9.47 Å². The highest BCUT2D eigenvalue weighted by Crippen LogP contribution is 2.13. The zero-order chi connectivity index (χ0) is 13.4.